The number of nitrogens with one attached hydrogen (secondary N) is 1. The first-order valence-electron chi connectivity index (χ1n) is 6.36. The molecule has 1 saturated heterocycles. The molecule has 0 spiro atoms. The first-order valence-corrected chi connectivity index (χ1v) is 7.15. The SMILES string of the molecule is CC1(C)CC(C#N)(Nc2ccccc2Br)C(C)(C)O1. The lowest BCUT2D eigenvalue weighted by Gasteiger charge is -2.35. The van der Waals surface area contributed by atoms with Gasteiger partial charge in [-0.1, -0.05) is 12.1 Å². The summed E-state index contributed by atoms with van der Waals surface area (Å²) in [5.41, 5.74) is -0.688. The number of halogens is 1. The molecule has 0 saturated carbocycles. The maximum atomic E-state index is 9.73. The topological polar surface area (TPSA) is 45.0 Å². The van der Waals surface area contributed by atoms with Crippen LogP contribution >= 0.6 is 15.9 Å². The summed E-state index contributed by atoms with van der Waals surface area (Å²) in [7, 11) is 0. The van der Waals surface area contributed by atoms with E-state index in [9.17, 15) is 5.26 Å². The van der Waals surface area contributed by atoms with Crippen molar-refractivity contribution in [2.75, 3.05) is 5.32 Å². The molecule has 1 aliphatic heterocycles. The predicted octanol–water partition coefficient (Wildman–Crippen LogP) is 4.10. The van der Waals surface area contributed by atoms with Gasteiger partial charge in [0.2, 0.25) is 0 Å². The average Bonchev–Trinajstić information content (AvgIpc) is 2.47. The molecule has 0 amide bonds. The van der Waals surface area contributed by atoms with Crippen molar-refractivity contribution in [3.63, 3.8) is 0 Å². The van der Waals surface area contributed by atoms with Gasteiger partial charge in [-0.25, -0.2) is 0 Å². The lowest BCUT2D eigenvalue weighted by Crippen LogP contribution is -2.51. The fourth-order valence-corrected chi connectivity index (χ4v) is 3.24. The van der Waals surface area contributed by atoms with Crippen LogP contribution in [0.4, 0.5) is 5.69 Å². The van der Waals surface area contributed by atoms with Gasteiger partial charge in [0.25, 0.3) is 0 Å². The molecule has 1 unspecified atom stereocenters. The van der Waals surface area contributed by atoms with E-state index >= 15 is 0 Å². The fourth-order valence-electron chi connectivity index (χ4n) is 2.85. The fraction of sp³-hybridized carbons (Fsp3) is 0.533. The Morgan fingerprint density at radius 2 is 1.89 bits per heavy atom. The molecule has 19 heavy (non-hydrogen) atoms. The van der Waals surface area contributed by atoms with Crippen LogP contribution in [0, 0.1) is 11.3 Å². The average molecular weight is 323 g/mol. The molecular formula is C15H19BrN2O. The van der Waals surface area contributed by atoms with Crippen molar-refractivity contribution in [2.24, 2.45) is 0 Å². The van der Waals surface area contributed by atoms with Crippen LogP contribution < -0.4 is 5.32 Å². The number of ether oxygens (including phenoxy) is 1. The summed E-state index contributed by atoms with van der Waals surface area (Å²) in [6, 6.07) is 10.3. The van der Waals surface area contributed by atoms with E-state index in [0.717, 1.165) is 10.2 Å². The van der Waals surface area contributed by atoms with Crippen LogP contribution in [-0.2, 0) is 4.74 Å². The molecule has 1 aromatic carbocycles. The Hall–Kier alpha value is -1.05. The van der Waals surface area contributed by atoms with E-state index in [4.69, 9.17) is 4.74 Å². The second-order valence-corrected chi connectivity index (χ2v) is 7.03. The molecule has 1 heterocycles. The number of hydrogen-bond donors (Lipinski definition) is 1. The van der Waals surface area contributed by atoms with Gasteiger partial charge in [-0.05, 0) is 55.8 Å². The van der Waals surface area contributed by atoms with Gasteiger partial charge in [0.15, 0.2) is 5.54 Å². The molecule has 1 atom stereocenters. The summed E-state index contributed by atoms with van der Waals surface area (Å²) in [5.74, 6) is 0. The Morgan fingerprint density at radius 3 is 2.37 bits per heavy atom. The Bertz CT molecular complexity index is 533. The largest absolute Gasteiger partial charge is 0.366 e. The smallest absolute Gasteiger partial charge is 0.156 e. The quantitative estimate of drug-likeness (QED) is 0.891. The van der Waals surface area contributed by atoms with Crippen molar-refractivity contribution in [1.29, 1.82) is 5.26 Å². The standard InChI is InChI=1S/C15H19BrN2O/c1-13(2)9-15(10-17,14(3,4)19-13)18-12-8-6-5-7-11(12)16/h5-8,18H,9H2,1-4H3. The molecular weight excluding hydrogens is 304 g/mol. The number of rotatable bonds is 2. The number of nitriles is 1. The zero-order valence-corrected chi connectivity index (χ0v) is 13.3. The lowest BCUT2D eigenvalue weighted by atomic mass is 9.80. The van der Waals surface area contributed by atoms with E-state index < -0.39 is 11.1 Å². The molecule has 102 valence electrons. The van der Waals surface area contributed by atoms with Crippen LogP contribution in [0.5, 0.6) is 0 Å². The maximum absolute atomic E-state index is 9.73. The number of benzene rings is 1. The lowest BCUT2D eigenvalue weighted by molar-refractivity contribution is -0.0713. The van der Waals surface area contributed by atoms with Crippen LogP contribution in [0.3, 0.4) is 0 Å². The first-order chi connectivity index (χ1) is 8.71. The molecule has 0 aromatic heterocycles. The van der Waals surface area contributed by atoms with Gasteiger partial charge in [0.1, 0.15) is 0 Å². The van der Waals surface area contributed by atoms with Gasteiger partial charge in [-0.15, -0.1) is 0 Å². The van der Waals surface area contributed by atoms with E-state index in [1.807, 2.05) is 52.0 Å². The van der Waals surface area contributed by atoms with E-state index in [-0.39, 0.29) is 5.60 Å². The Labute approximate surface area is 123 Å². The Kier molecular flexibility index (Phi) is 3.40. The zero-order valence-electron chi connectivity index (χ0n) is 11.7. The second kappa shape index (κ2) is 4.50. The van der Waals surface area contributed by atoms with E-state index in [0.29, 0.717) is 6.42 Å². The van der Waals surface area contributed by atoms with Gasteiger partial charge < -0.3 is 10.1 Å². The van der Waals surface area contributed by atoms with E-state index in [1.54, 1.807) is 0 Å². The van der Waals surface area contributed by atoms with Crippen LogP contribution in [0.25, 0.3) is 0 Å². The molecule has 1 aromatic rings. The summed E-state index contributed by atoms with van der Waals surface area (Å²) in [6.45, 7) is 7.98. The third-order valence-corrected chi connectivity index (χ3v) is 4.35. The number of anilines is 1. The highest BCUT2D eigenvalue weighted by molar-refractivity contribution is 9.10. The van der Waals surface area contributed by atoms with Crippen LogP contribution in [0.15, 0.2) is 28.7 Å². The molecule has 1 N–H and O–H groups in total. The molecule has 3 nitrogen and oxygen atoms in total. The minimum Gasteiger partial charge on any atom is -0.366 e. The highest BCUT2D eigenvalue weighted by atomic mass is 79.9. The molecule has 1 aliphatic rings. The van der Waals surface area contributed by atoms with Gasteiger partial charge >= 0.3 is 0 Å². The van der Waals surface area contributed by atoms with Crippen molar-refractivity contribution in [3.8, 4) is 6.07 Å². The Morgan fingerprint density at radius 1 is 1.26 bits per heavy atom. The van der Waals surface area contributed by atoms with Crippen molar-refractivity contribution in [1.82, 2.24) is 0 Å². The summed E-state index contributed by atoms with van der Waals surface area (Å²) in [4.78, 5) is 0. The highest BCUT2D eigenvalue weighted by Crippen LogP contribution is 2.47. The molecule has 1 fully saturated rings. The third-order valence-electron chi connectivity index (χ3n) is 3.66. The number of hydrogen-bond acceptors (Lipinski definition) is 3. The minimum absolute atomic E-state index is 0.312. The van der Waals surface area contributed by atoms with Crippen molar-refractivity contribution in [2.45, 2.75) is 50.9 Å². The molecule has 0 bridgehead atoms. The van der Waals surface area contributed by atoms with Crippen molar-refractivity contribution >= 4 is 21.6 Å². The summed E-state index contributed by atoms with van der Waals surface area (Å²) in [5, 5.41) is 13.1. The summed E-state index contributed by atoms with van der Waals surface area (Å²) >= 11 is 3.51. The monoisotopic (exact) mass is 322 g/mol. The first kappa shape index (κ1) is 14.4. The molecule has 4 heteroatoms. The van der Waals surface area contributed by atoms with Gasteiger partial charge in [0.05, 0.1) is 17.3 Å². The van der Waals surface area contributed by atoms with Crippen LogP contribution in [-0.4, -0.2) is 16.7 Å². The third kappa shape index (κ3) is 2.50. The van der Waals surface area contributed by atoms with Crippen LogP contribution in [0.1, 0.15) is 34.1 Å². The predicted molar refractivity (Wildman–Crippen MR) is 80.0 cm³/mol. The van der Waals surface area contributed by atoms with E-state index in [2.05, 4.69) is 27.3 Å². The van der Waals surface area contributed by atoms with Gasteiger partial charge in [-0.3, -0.25) is 0 Å². The van der Waals surface area contributed by atoms with Crippen LogP contribution in [0.2, 0.25) is 0 Å². The summed E-state index contributed by atoms with van der Waals surface area (Å²) < 4.78 is 7.00. The minimum atomic E-state index is -0.736. The number of para-hydroxylation sites is 1. The zero-order chi connectivity index (χ0) is 14.3. The van der Waals surface area contributed by atoms with Gasteiger partial charge in [0, 0.05) is 16.6 Å². The molecule has 0 aliphatic carbocycles. The number of nitrogens with zero attached hydrogens (tertiary/aromatic N) is 1. The Balaban J connectivity index is 2.41. The van der Waals surface area contributed by atoms with Gasteiger partial charge in [-0.2, -0.15) is 5.26 Å². The van der Waals surface area contributed by atoms with Crippen molar-refractivity contribution < 1.29 is 4.74 Å². The molecule has 0 radical (unpaired) electrons. The normalized spacial score (nSPS) is 27.8. The molecule has 2 rings (SSSR count). The summed E-state index contributed by atoms with van der Waals surface area (Å²) in [6.07, 6.45) is 0.644. The second-order valence-electron chi connectivity index (χ2n) is 6.17. The highest BCUT2D eigenvalue weighted by Gasteiger charge is 2.58. The van der Waals surface area contributed by atoms with E-state index in [1.165, 1.54) is 0 Å². The van der Waals surface area contributed by atoms with Crippen molar-refractivity contribution in [3.05, 3.63) is 28.7 Å². The maximum Gasteiger partial charge on any atom is 0.156 e.